The Labute approximate surface area is 94.2 Å². The number of aliphatic hydroxyl groups excluding tert-OH is 1. The van der Waals surface area contributed by atoms with Crippen molar-refractivity contribution >= 4 is 31.9 Å². The first-order valence-corrected chi connectivity index (χ1v) is 5.76. The van der Waals surface area contributed by atoms with Crippen LogP contribution in [0.25, 0.3) is 0 Å². The zero-order valence-electron chi connectivity index (χ0n) is 6.91. The van der Waals surface area contributed by atoms with E-state index in [0.717, 1.165) is 10.2 Å². The number of ether oxygens (including phenoxy) is 1. The molecule has 1 rings (SSSR count). The number of hydrogen-bond acceptors (Lipinski definition) is 2. The van der Waals surface area contributed by atoms with Gasteiger partial charge in [0, 0.05) is 9.80 Å². The summed E-state index contributed by atoms with van der Waals surface area (Å²) in [5.41, 5.74) is 0. The van der Waals surface area contributed by atoms with Crippen LogP contribution in [-0.2, 0) is 0 Å². The third-order valence-electron chi connectivity index (χ3n) is 1.42. The first-order chi connectivity index (χ1) is 6.22. The van der Waals surface area contributed by atoms with Crippen molar-refractivity contribution < 1.29 is 9.84 Å². The van der Waals surface area contributed by atoms with Crippen LogP contribution in [0.1, 0.15) is 0 Å². The van der Waals surface area contributed by atoms with Crippen molar-refractivity contribution in [3.05, 3.63) is 28.7 Å². The maximum atomic E-state index is 9.20. The van der Waals surface area contributed by atoms with Gasteiger partial charge in [-0.25, -0.2) is 0 Å². The molecule has 1 atom stereocenters. The maximum Gasteiger partial charge on any atom is 0.120 e. The van der Waals surface area contributed by atoms with Gasteiger partial charge in [-0.05, 0) is 18.2 Å². The molecule has 1 unspecified atom stereocenters. The molecule has 0 heterocycles. The molecule has 0 bridgehead atoms. The van der Waals surface area contributed by atoms with Crippen molar-refractivity contribution in [1.29, 1.82) is 0 Å². The predicted octanol–water partition coefficient (Wildman–Crippen LogP) is 2.58. The molecule has 4 heteroatoms. The molecule has 13 heavy (non-hydrogen) atoms. The van der Waals surface area contributed by atoms with Crippen LogP contribution in [0.4, 0.5) is 0 Å². The highest BCUT2D eigenvalue weighted by Crippen LogP contribution is 2.17. The van der Waals surface area contributed by atoms with Crippen LogP contribution in [0.2, 0.25) is 0 Å². The second-order valence-electron chi connectivity index (χ2n) is 2.58. The molecular weight excluding hydrogens is 300 g/mol. The molecule has 0 aromatic heterocycles. The first kappa shape index (κ1) is 11.0. The highest BCUT2D eigenvalue weighted by molar-refractivity contribution is 9.10. The highest BCUT2D eigenvalue weighted by Gasteiger charge is 2.02. The van der Waals surface area contributed by atoms with E-state index in [1.165, 1.54) is 0 Å². The lowest BCUT2D eigenvalue weighted by atomic mass is 10.3. The molecule has 0 aliphatic heterocycles. The van der Waals surface area contributed by atoms with E-state index < -0.39 is 6.10 Å². The molecule has 2 nitrogen and oxygen atoms in total. The van der Waals surface area contributed by atoms with Crippen molar-refractivity contribution in [2.75, 3.05) is 11.9 Å². The Morgan fingerprint density at radius 3 is 2.85 bits per heavy atom. The lowest BCUT2D eigenvalue weighted by Crippen LogP contribution is -2.18. The number of alkyl halides is 1. The second-order valence-corrected chi connectivity index (χ2v) is 4.14. The summed E-state index contributed by atoms with van der Waals surface area (Å²) in [6.07, 6.45) is -0.459. The average Bonchev–Trinajstić information content (AvgIpc) is 2.14. The molecule has 72 valence electrons. The zero-order valence-corrected chi connectivity index (χ0v) is 10.1. The summed E-state index contributed by atoms with van der Waals surface area (Å²) in [5, 5.41) is 9.73. The summed E-state index contributed by atoms with van der Waals surface area (Å²) >= 11 is 6.50. The number of halogens is 2. The van der Waals surface area contributed by atoms with E-state index in [-0.39, 0.29) is 0 Å². The van der Waals surface area contributed by atoms with Gasteiger partial charge in [0.15, 0.2) is 0 Å². The van der Waals surface area contributed by atoms with E-state index in [1.807, 2.05) is 24.3 Å². The summed E-state index contributed by atoms with van der Waals surface area (Å²) in [6.45, 7) is 0.307. The van der Waals surface area contributed by atoms with E-state index in [1.54, 1.807) is 0 Å². The van der Waals surface area contributed by atoms with Crippen molar-refractivity contribution in [1.82, 2.24) is 0 Å². The van der Waals surface area contributed by atoms with Gasteiger partial charge in [0.05, 0.1) is 6.10 Å². The number of rotatable bonds is 4. The van der Waals surface area contributed by atoms with Gasteiger partial charge in [-0.15, -0.1) is 0 Å². The van der Waals surface area contributed by atoms with E-state index >= 15 is 0 Å². The molecular formula is C9H10Br2O2. The fourth-order valence-electron chi connectivity index (χ4n) is 0.794. The Morgan fingerprint density at radius 2 is 2.23 bits per heavy atom. The SMILES string of the molecule is OC(CBr)COc1cccc(Br)c1. The molecule has 0 spiro atoms. The normalized spacial score (nSPS) is 12.5. The molecule has 1 aromatic rings. The van der Waals surface area contributed by atoms with Crippen molar-refractivity contribution in [3.8, 4) is 5.75 Å². The Bertz CT molecular complexity index is 266. The quantitative estimate of drug-likeness (QED) is 0.866. The van der Waals surface area contributed by atoms with Gasteiger partial charge in [-0.1, -0.05) is 37.9 Å². The maximum absolute atomic E-state index is 9.20. The number of hydrogen-bond donors (Lipinski definition) is 1. The lowest BCUT2D eigenvalue weighted by molar-refractivity contribution is 0.127. The third-order valence-corrected chi connectivity index (χ3v) is 2.66. The second kappa shape index (κ2) is 5.62. The van der Waals surface area contributed by atoms with E-state index in [2.05, 4.69) is 31.9 Å². The third kappa shape index (κ3) is 4.11. The van der Waals surface area contributed by atoms with Gasteiger partial charge in [-0.2, -0.15) is 0 Å². The fraction of sp³-hybridized carbons (Fsp3) is 0.333. The summed E-state index contributed by atoms with van der Waals surface area (Å²) < 4.78 is 6.30. The Balaban J connectivity index is 2.45. The van der Waals surface area contributed by atoms with Gasteiger partial charge in [-0.3, -0.25) is 0 Å². The summed E-state index contributed by atoms with van der Waals surface area (Å²) in [7, 11) is 0. The van der Waals surface area contributed by atoms with Crippen molar-refractivity contribution in [2.24, 2.45) is 0 Å². The lowest BCUT2D eigenvalue weighted by Gasteiger charge is -2.09. The Morgan fingerprint density at radius 1 is 1.46 bits per heavy atom. The van der Waals surface area contributed by atoms with Gasteiger partial charge in [0.25, 0.3) is 0 Å². The molecule has 1 N–H and O–H groups in total. The molecule has 0 saturated heterocycles. The number of benzene rings is 1. The topological polar surface area (TPSA) is 29.5 Å². The molecule has 0 aliphatic carbocycles. The minimum absolute atomic E-state index is 0.307. The smallest absolute Gasteiger partial charge is 0.120 e. The zero-order chi connectivity index (χ0) is 9.68. The van der Waals surface area contributed by atoms with Crippen molar-refractivity contribution in [3.63, 3.8) is 0 Å². The van der Waals surface area contributed by atoms with Crippen LogP contribution in [0, 0.1) is 0 Å². The monoisotopic (exact) mass is 308 g/mol. The van der Waals surface area contributed by atoms with Gasteiger partial charge in [0.2, 0.25) is 0 Å². The van der Waals surface area contributed by atoms with E-state index in [9.17, 15) is 5.11 Å². The summed E-state index contributed by atoms with van der Waals surface area (Å²) in [5.74, 6) is 0.759. The van der Waals surface area contributed by atoms with Crippen LogP contribution in [0.15, 0.2) is 28.7 Å². The van der Waals surface area contributed by atoms with Crippen molar-refractivity contribution in [2.45, 2.75) is 6.10 Å². The first-order valence-electron chi connectivity index (χ1n) is 3.85. The van der Waals surface area contributed by atoms with Gasteiger partial charge in [0.1, 0.15) is 12.4 Å². The van der Waals surface area contributed by atoms with Crippen LogP contribution < -0.4 is 4.74 Å². The van der Waals surface area contributed by atoms with Crippen LogP contribution in [0.3, 0.4) is 0 Å². The number of aliphatic hydroxyl groups is 1. The van der Waals surface area contributed by atoms with E-state index in [4.69, 9.17) is 4.74 Å². The van der Waals surface area contributed by atoms with Gasteiger partial charge < -0.3 is 9.84 Å². The average molecular weight is 310 g/mol. The highest BCUT2D eigenvalue weighted by atomic mass is 79.9. The Hall–Kier alpha value is -0.0600. The minimum Gasteiger partial charge on any atom is -0.491 e. The van der Waals surface area contributed by atoms with Crippen LogP contribution in [-0.4, -0.2) is 23.1 Å². The van der Waals surface area contributed by atoms with Crippen LogP contribution in [0.5, 0.6) is 5.75 Å². The summed E-state index contributed by atoms with van der Waals surface area (Å²) in [4.78, 5) is 0. The standard InChI is InChI=1S/C9H10Br2O2/c10-5-8(12)6-13-9-3-1-2-7(11)4-9/h1-4,8,12H,5-6H2. The molecule has 0 radical (unpaired) electrons. The molecule has 0 amide bonds. The van der Waals surface area contributed by atoms with E-state index in [0.29, 0.717) is 11.9 Å². The molecule has 0 saturated carbocycles. The molecule has 1 aromatic carbocycles. The minimum atomic E-state index is -0.459. The fourth-order valence-corrected chi connectivity index (χ4v) is 1.36. The largest absolute Gasteiger partial charge is 0.491 e. The molecule has 0 aliphatic rings. The van der Waals surface area contributed by atoms with Gasteiger partial charge >= 0.3 is 0 Å². The predicted molar refractivity (Wildman–Crippen MR) is 59.4 cm³/mol. The van der Waals surface area contributed by atoms with Crippen LogP contribution >= 0.6 is 31.9 Å². The molecule has 0 fully saturated rings. The summed E-state index contributed by atoms with van der Waals surface area (Å²) in [6, 6.07) is 7.53. The Kier molecular flexibility index (Phi) is 4.77.